The Kier molecular flexibility index (Phi) is 14.7. The highest BCUT2D eigenvalue weighted by molar-refractivity contribution is 7.53. The molecular formula is C30H44N3O9P3. The van der Waals surface area contributed by atoms with E-state index >= 15 is 0 Å². The molecule has 45 heavy (non-hydrogen) atoms. The maximum Gasteiger partial charge on any atom is 0.335 e. The molecule has 0 unspecified atom stereocenters. The number of pyridine rings is 3. The maximum absolute atomic E-state index is 13.5. The molecule has 3 aromatic rings. The van der Waals surface area contributed by atoms with E-state index in [0.29, 0.717) is 39.5 Å². The standard InChI is InChI=1S/C30H44N3O9P3/c1-7-37-43(34,38-8-2)21-24-13-15-31-27(17-24)29-19-26(23-45(36,41-11-5)42-12-6)20-30(33-29)28-18-25(14-16-32-28)22-44(35,39-9-3)40-10-4/h13-20H,7-12,21-23H2,1-6H3. The summed E-state index contributed by atoms with van der Waals surface area (Å²) in [5.74, 6) is 0. The third-order valence-electron chi connectivity index (χ3n) is 6.14. The van der Waals surface area contributed by atoms with Gasteiger partial charge >= 0.3 is 22.8 Å². The van der Waals surface area contributed by atoms with E-state index in [1.807, 2.05) is 0 Å². The first-order valence-corrected chi connectivity index (χ1v) is 20.3. The van der Waals surface area contributed by atoms with Crippen LogP contribution in [0.15, 0.2) is 48.8 Å². The van der Waals surface area contributed by atoms with Gasteiger partial charge in [-0.3, -0.25) is 23.7 Å². The minimum Gasteiger partial charge on any atom is -0.309 e. The molecule has 3 heterocycles. The Labute approximate surface area is 266 Å². The zero-order valence-electron chi connectivity index (χ0n) is 26.8. The zero-order valence-corrected chi connectivity index (χ0v) is 29.5. The second-order valence-electron chi connectivity index (χ2n) is 9.66. The lowest BCUT2D eigenvalue weighted by Crippen LogP contribution is -2.03. The highest BCUT2D eigenvalue weighted by Crippen LogP contribution is 2.53. The third kappa shape index (κ3) is 11.3. The molecule has 0 aromatic carbocycles. The Morgan fingerprint density at radius 1 is 0.467 bits per heavy atom. The van der Waals surface area contributed by atoms with Crippen LogP contribution in [0.3, 0.4) is 0 Å². The van der Waals surface area contributed by atoms with E-state index in [1.54, 1.807) is 90.3 Å². The molecule has 3 aromatic heterocycles. The molecule has 0 aliphatic rings. The molecule has 0 fully saturated rings. The van der Waals surface area contributed by atoms with Gasteiger partial charge in [0.1, 0.15) is 0 Å². The molecule has 0 aliphatic heterocycles. The first kappa shape index (κ1) is 37.4. The summed E-state index contributed by atoms with van der Waals surface area (Å²) >= 11 is 0. The van der Waals surface area contributed by atoms with E-state index in [2.05, 4.69) is 9.97 Å². The van der Waals surface area contributed by atoms with Crippen molar-refractivity contribution in [3.05, 3.63) is 65.5 Å². The maximum atomic E-state index is 13.5. The van der Waals surface area contributed by atoms with Crippen LogP contribution in [0, 0.1) is 0 Å². The molecule has 3 rings (SSSR count). The molecule has 0 spiro atoms. The quantitative estimate of drug-likeness (QED) is 0.105. The van der Waals surface area contributed by atoms with Crippen molar-refractivity contribution in [1.82, 2.24) is 15.0 Å². The van der Waals surface area contributed by atoms with E-state index in [4.69, 9.17) is 32.1 Å². The normalized spacial score (nSPS) is 12.5. The molecule has 248 valence electrons. The Morgan fingerprint density at radius 3 is 1.07 bits per heavy atom. The summed E-state index contributed by atoms with van der Waals surface area (Å²) in [6, 6.07) is 10.6. The van der Waals surface area contributed by atoms with Gasteiger partial charge in [0.05, 0.1) is 80.9 Å². The predicted octanol–water partition coefficient (Wildman–Crippen LogP) is 8.50. The number of nitrogens with zero attached hydrogens (tertiary/aromatic N) is 3. The van der Waals surface area contributed by atoms with Crippen LogP contribution in [0.5, 0.6) is 0 Å². The van der Waals surface area contributed by atoms with Crippen LogP contribution < -0.4 is 0 Å². The van der Waals surface area contributed by atoms with Gasteiger partial charge in [-0.2, -0.15) is 0 Å². The van der Waals surface area contributed by atoms with E-state index in [-0.39, 0.29) is 58.1 Å². The van der Waals surface area contributed by atoms with Gasteiger partial charge in [0.15, 0.2) is 0 Å². The van der Waals surface area contributed by atoms with Gasteiger partial charge in [-0.15, -0.1) is 0 Å². The fourth-order valence-corrected chi connectivity index (χ4v) is 9.65. The van der Waals surface area contributed by atoms with Crippen molar-refractivity contribution in [2.24, 2.45) is 0 Å². The highest BCUT2D eigenvalue weighted by Gasteiger charge is 2.28. The molecule has 12 nitrogen and oxygen atoms in total. The topological polar surface area (TPSA) is 145 Å². The lowest BCUT2D eigenvalue weighted by Gasteiger charge is -2.19. The number of aromatic nitrogens is 3. The number of rotatable bonds is 20. The van der Waals surface area contributed by atoms with Crippen LogP contribution in [0.2, 0.25) is 0 Å². The summed E-state index contributed by atoms with van der Waals surface area (Å²) in [6.45, 7) is 12.0. The summed E-state index contributed by atoms with van der Waals surface area (Å²) < 4.78 is 73.1. The molecule has 0 aliphatic carbocycles. The van der Waals surface area contributed by atoms with Gasteiger partial charge in [-0.05, 0) is 94.6 Å². The van der Waals surface area contributed by atoms with Crippen LogP contribution in [0.1, 0.15) is 58.2 Å². The van der Waals surface area contributed by atoms with E-state index in [0.717, 1.165) is 0 Å². The number of hydrogen-bond donors (Lipinski definition) is 0. The van der Waals surface area contributed by atoms with Gasteiger partial charge in [0.2, 0.25) is 0 Å². The summed E-state index contributed by atoms with van der Waals surface area (Å²) in [7, 11) is -10.2. The van der Waals surface area contributed by atoms with Crippen molar-refractivity contribution in [3.63, 3.8) is 0 Å². The molecule has 0 radical (unpaired) electrons. The Morgan fingerprint density at radius 2 is 0.756 bits per heavy atom. The van der Waals surface area contributed by atoms with Crippen LogP contribution in [-0.2, 0) is 59.3 Å². The molecule has 0 N–H and O–H groups in total. The molecule has 0 saturated heterocycles. The average Bonchev–Trinajstić information content (AvgIpc) is 2.97. The number of hydrogen-bond acceptors (Lipinski definition) is 12. The Bertz CT molecular complexity index is 1420. The molecule has 0 amide bonds. The van der Waals surface area contributed by atoms with Crippen molar-refractivity contribution in [2.45, 2.75) is 60.0 Å². The second-order valence-corrected chi connectivity index (χ2v) is 15.8. The Hall–Kier alpha value is -2.10. The third-order valence-corrected chi connectivity index (χ3v) is 12.3. The summed E-state index contributed by atoms with van der Waals surface area (Å²) in [5, 5.41) is 0. The van der Waals surface area contributed by atoms with Crippen LogP contribution in [-0.4, -0.2) is 54.6 Å². The summed E-state index contributed by atoms with van der Waals surface area (Å²) in [5.41, 5.74) is 3.92. The van der Waals surface area contributed by atoms with Crippen LogP contribution in [0.25, 0.3) is 22.8 Å². The minimum atomic E-state index is -3.48. The van der Waals surface area contributed by atoms with E-state index in [1.165, 1.54) is 0 Å². The lowest BCUT2D eigenvalue weighted by atomic mass is 10.1. The summed E-state index contributed by atoms with van der Waals surface area (Å²) in [4.78, 5) is 13.9. The van der Waals surface area contributed by atoms with Crippen molar-refractivity contribution in [2.75, 3.05) is 39.6 Å². The molecule has 0 saturated carbocycles. The van der Waals surface area contributed by atoms with Crippen molar-refractivity contribution < 1.29 is 40.8 Å². The molecular weight excluding hydrogens is 639 g/mol. The Balaban J connectivity index is 2.11. The lowest BCUT2D eigenvalue weighted by molar-refractivity contribution is 0.218. The predicted molar refractivity (Wildman–Crippen MR) is 174 cm³/mol. The fourth-order valence-electron chi connectivity index (χ4n) is 4.60. The largest absolute Gasteiger partial charge is 0.335 e. The molecule has 0 atom stereocenters. The van der Waals surface area contributed by atoms with Crippen molar-refractivity contribution in [3.8, 4) is 22.8 Å². The van der Waals surface area contributed by atoms with Crippen LogP contribution in [0.4, 0.5) is 0 Å². The van der Waals surface area contributed by atoms with Crippen molar-refractivity contribution >= 4 is 22.8 Å². The van der Waals surface area contributed by atoms with E-state index in [9.17, 15) is 13.7 Å². The first-order chi connectivity index (χ1) is 21.5. The molecule has 0 bridgehead atoms. The van der Waals surface area contributed by atoms with Crippen LogP contribution >= 0.6 is 22.8 Å². The molecule has 15 heteroatoms. The van der Waals surface area contributed by atoms with Gasteiger partial charge in [-0.25, -0.2) is 4.98 Å². The highest BCUT2D eigenvalue weighted by atomic mass is 31.2. The van der Waals surface area contributed by atoms with E-state index < -0.39 is 22.8 Å². The first-order valence-electron chi connectivity index (χ1n) is 15.1. The monoisotopic (exact) mass is 683 g/mol. The smallest absolute Gasteiger partial charge is 0.309 e. The summed E-state index contributed by atoms with van der Waals surface area (Å²) in [6.07, 6.45) is 3.31. The second kappa shape index (κ2) is 17.7. The van der Waals surface area contributed by atoms with Crippen molar-refractivity contribution in [1.29, 1.82) is 0 Å². The fraction of sp³-hybridized carbons (Fsp3) is 0.500. The SMILES string of the molecule is CCOP(=O)(Cc1ccnc(-c2cc(CP(=O)(OCC)OCC)cc(-c3cc(CP(=O)(OCC)OCC)ccn3)n2)c1)OCC. The van der Waals surface area contributed by atoms with Gasteiger partial charge in [0.25, 0.3) is 0 Å². The van der Waals surface area contributed by atoms with Gasteiger partial charge in [0, 0.05) is 12.4 Å². The zero-order chi connectivity index (χ0) is 32.9. The average molecular weight is 684 g/mol. The van der Waals surface area contributed by atoms with Gasteiger partial charge < -0.3 is 27.1 Å². The minimum absolute atomic E-state index is 0.00958. The van der Waals surface area contributed by atoms with Gasteiger partial charge in [-0.1, -0.05) is 0 Å².